The zero-order valence-corrected chi connectivity index (χ0v) is 16.9. The maximum Gasteiger partial charge on any atom is 0.227 e. The molecule has 0 spiro atoms. The molecule has 1 fully saturated rings. The molecule has 0 radical (unpaired) electrons. The molecule has 0 bridgehead atoms. The fraction of sp³-hybridized carbons (Fsp3) is 0.364. The van der Waals surface area contributed by atoms with Gasteiger partial charge in [-0.2, -0.15) is 0 Å². The highest BCUT2D eigenvalue weighted by atomic mass is 35.5. The number of aromatic nitrogens is 2. The van der Waals surface area contributed by atoms with Gasteiger partial charge < -0.3 is 14.2 Å². The summed E-state index contributed by atoms with van der Waals surface area (Å²) >= 11 is 6.18. The van der Waals surface area contributed by atoms with Crippen LogP contribution in [0.15, 0.2) is 42.5 Å². The van der Waals surface area contributed by atoms with Crippen molar-refractivity contribution in [1.82, 2.24) is 9.55 Å². The number of anilines is 1. The average molecular weight is 398 g/mol. The van der Waals surface area contributed by atoms with Crippen LogP contribution in [-0.2, 0) is 11.3 Å². The molecular formula is C22H24ClN3O2. The van der Waals surface area contributed by atoms with Crippen molar-refractivity contribution in [3.63, 3.8) is 0 Å². The zero-order valence-electron chi connectivity index (χ0n) is 16.2. The molecule has 1 aliphatic rings. The Labute approximate surface area is 169 Å². The van der Waals surface area contributed by atoms with Crippen LogP contribution in [0.4, 0.5) is 5.69 Å². The highest BCUT2D eigenvalue weighted by Crippen LogP contribution is 2.38. The van der Waals surface area contributed by atoms with Crippen LogP contribution in [0.3, 0.4) is 0 Å². The van der Waals surface area contributed by atoms with E-state index in [2.05, 4.69) is 17.6 Å². The monoisotopic (exact) mass is 397 g/mol. The van der Waals surface area contributed by atoms with E-state index < -0.39 is 0 Å². The maximum absolute atomic E-state index is 12.9. The Kier molecular flexibility index (Phi) is 5.27. The summed E-state index contributed by atoms with van der Waals surface area (Å²) in [6, 6.07) is 13.6. The van der Waals surface area contributed by atoms with E-state index >= 15 is 0 Å². The molecule has 1 saturated heterocycles. The van der Waals surface area contributed by atoms with Gasteiger partial charge in [0, 0.05) is 30.5 Å². The van der Waals surface area contributed by atoms with E-state index in [4.69, 9.17) is 21.3 Å². The number of fused-ring (bicyclic) bond motifs is 1. The second-order valence-electron chi connectivity index (χ2n) is 7.19. The first-order chi connectivity index (χ1) is 13.6. The summed E-state index contributed by atoms with van der Waals surface area (Å²) in [7, 11) is 1.61. The Balaban J connectivity index is 1.70. The van der Waals surface area contributed by atoms with Crippen molar-refractivity contribution in [3.8, 4) is 5.75 Å². The van der Waals surface area contributed by atoms with Crippen molar-refractivity contribution >= 4 is 34.2 Å². The molecule has 1 aromatic heterocycles. The number of nitrogens with zero attached hydrogens (tertiary/aromatic N) is 3. The van der Waals surface area contributed by atoms with E-state index in [9.17, 15) is 4.79 Å². The van der Waals surface area contributed by atoms with E-state index in [1.807, 2.05) is 18.2 Å². The van der Waals surface area contributed by atoms with Gasteiger partial charge in [0.1, 0.15) is 11.6 Å². The van der Waals surface area contributed by atoms with Crippen molar-refractivity contribution < 1.29 is 9.53 Å². The van der Waals surface area contributed by atoms with Gasteiger partial charge in [0.15, 0.2) is 0 Å². The van der Waals surface area contributed by atoms with Crippen LogP contribution in [0, 0.1) is 0 Å². The van der Waals surface area contributed by atoms with Crippen molar-refractivity contribution in [3.05, 3.63) is 53.3 Å². The number of hydrogen-bond donors (Lipinski definition) is 0. The molecule has 0 unspecified atom stereocenters. The number of ether oxygens (including phenoxy) is 1. The van der Waals surface area contributed by atoms with Gasteiger partial charge in [-0.15, -0.1) is 0 Å². The molecule has 3 aromatic rings. The highest BCUT2D eigenvalue weighted by molar-refractivity contribution is 6.31. The smallest absolute Gasteiger partial charge is 0.227 e. The van der Waals surface area contributed by atoms with Gasteiger partial charge in [-0.3, -0.25) is 4.79 Å². The molecular weight excluding hydrogens is 374 g/mol. The van der Waals surface area contributed by atoms with Crippen molar-refractivity contribution in [2.75, 3.05) is 18.6 Å². The fourth-order valence-corrected chi connectivity index (χ4v) is 4.11. The Morgan fingerprint density at radius 2 is 2.07 bits per heavy atom. The quantitative estimate of drug-likeness (QED) is 0.586. The van der Waals surface area contributed by atoms with Gasteiger partial charge in [-0.1, -0.05) is 37.1 Å². The molecule has 0 saturated carbocycles. The number of aryl methyl sites for hydroxylation is 1. The Bertz CT molecular complexity index is 1010. The predicted molar refractivity (Wildman–Crippen MR) is 112 cm³/mol. The molecule has 0 N–H and O–H groups in total. The van der Waals surface area contributed by atoms with Gasteiger partial charge >= 0.3 is 0 Å². The number of halogens is 1. The summed E-state index contributed by atoms with van der Waals surface area (Å²) in [6.07, 6.45) is 2.63. The molecule has 2 heterocycles. The topological polar surface area (TPSA) is 47.4 Å². The van der Waals surface area contributed by atoms with Gasteiger partial charge in [0.2, 0.25) is 5.91 Å². The number of amides is 1. The highest BCUT2D eigenvalue weighted by Gasteiger charge is 2.36. The molecule has 28 heavy (non-hydrogen) atoms. The van der Waals surface area contributed by atoms with E-state index in [-0.39, 0.29) is 11.8 Å². The van der Waals surface area contributed by atoms with Crippen LogP contribution >= 0.6 is 11.6 Å². The lowest BCUT2D eigenvalue weighted by molar-refractivity contribution is -0.117. The van der Waals surface area contributed by atoms with Crippen LogP contribution < -0.4 is 9.64 Å². The molecule has 5 nitrogen and oxygen atoms in total. The molecule has 1 amide bonds. The third-order valence-corrected chi connectivity index (χ3v) is 5.58. The Morgan fingerprint density at radius 1 is 1.25 bits per heavy atom. The lowest BCUT2D eigenvalue weighted by Gasteiger charge is -2.20. The number of carbonyl (C=O) groups excluding carboxylic acids is 1. The van der Waals surface area contributed by atoms with E-state index in [1.165, 1.54) is 0 Å². The summed E-state index contributed by atoms with van der Waals surface area (Å²) in [4.78, 5) is 19.5. The first kappa shape index (κ1) is 18.8. The summed E-state index contributed by atoms with van der Waals surface area (Å²) in [5.74, 6) is 1.75. The molecule has 2 aromatic carbocycles. The standard InChI is InChI=1S/C22H24ClN3O2/c1-3-4-11-25-18-8-6-5-7-17(18)24-22(25)15-12-21(27)26(14-15)19-13-16(23)9-10-20(19)28-2/h5-10,13,15H,3-4,11-12,14H2,1-2H3/t15-/m1/s1. The van der Waals surface area contributed by atoms with Crippen LogP contribution in [0.2, 0.25) is 5.02 Å². The number of para-hydroxylation sites is 2. The van der Waals surface area contributed by atoms with Crippen LogP contribution in [0.5, 0.6) is 5.75 Å². The number of carbonyl (C=O) groups is 1. The fourth-order valence-electron chi connectivity index (χ4n) is 3.94. The van der Waals surface area contributed by atoms with Crippen LogP contribution in [0.1, 0.15) is 37.9 Å². The SMILES string of the molecule is CCCCn1c([C@@H]2CC(=O)N(c3cc(Cl)ccc3OC)C2)nc2ccccc21. The minimum absolute atomic E-state index is 0.0421. The number of imidazole rings is 1. The van der Waals surface area contributed by atoms with E-state index in [1.54, 1.807) is 30.2 Å². The summed E-state index contributed by atoms with van der Waals surface area (Å²) in [6.45, 7) is 3.67. The summed E-state index contributed by atoms with van der Waals surface area (Å²) in [5.41, 5.74) is 2.84. The number of benzene rings is 2. The minimum atomic E-state index is 0.0421. The molecule has 146 valence electrons. The van der Waals surface area contributed by atoms with Crippen LogP contribution in [-0.4, -0.2) is 29.1 Å². The van der Waals surface area contributed by atoms with E-state index in [0.29, 0.717) is 23.7 Å². The van der Waals surface area contributed by atoms with Gasteiger partial charge in [-0.25, -0.2) is 4.98 Å². The van der Waals surface area contributed by atoms with Crippen molar-refractivity contribution in [2.45, 2.75) is 38.6 Å². The van der Waals surface area contributed by atoms with Crippen molar-refractivity contribution in [1.29, 1.82) is 0 Å². The first-order valence-corrected chi connectivity index (χ1v) is 10.1. The second-order valence-corrected chi connectivity index (χ2v) is 7.62. The lowest BCUT2D eigenvalue weighted by atomic mass is 10.1. The molecule has 1 atom stereocenters. The predicted octanol–water partition coefficient (Wildman–Crippen LogP) is 5.02. The van der Waals surface area contributed by atoms with Gasteiger partial charge in [-0.05, 0) is 36.8 Å². The number of rotatable bonds is 6. The average Bonchev–Trinajstić information content (AvgIpc) is 3.26. The largest absolute Gasteiger partial charge is 0.495 e. The Morgan fingerprint density at radius 3 is 2.86 bits per heavy atom. The zero-order chi connectivity index (χ0) is 19.7. The minimum Gasteiger partial charge on any atom is -0.495 e. The first-order valence-electron chi connectivity index (χ1n) is 9.71. The molecule has 4 rings (SSSR count). The maximum atomic E-state index is 12.9. The summed E-state index contributed by atoms with van der Waals surface area (Å²) < 4.78 is 7.74. The molecule has 1 aliphatic heterocycles. The number of unbranched alkanes of at least 4 members (excludes halogenated alkanes) is 1. The van der Waals surface area contributed by atoms with Gasteiger partial charge in [0.25, 0.3) is 0 Å². The lowest BCUT2D eigenvalue weighted by Crippen LogP contribution is -2.25. The normalized spacial score (nSPS) is 16.9. The summed E-state index contributed by atoms with van der Waals surface area (Å²) in [5, 5.41) is 0.585. The van der Waals surface area contributed by atoms with Crippen LogP contribution in [0.25, 0.3) is 11.0 Å². The number of hydrogen-bond acceptors (Lipinski definition) is 3. The van der Waals surface area contributed by atoms with Crippen molar-refractivity contribution in [2.24, 2.45) is 0 Å². The molecule has 0 aliphatic carbocycles. The van der Waals surface area contributed by atoms with E-state index in [0.717, 1.165) is 41.9 Å². The third kappa shape index (κ3) is 3.35. The number of methoxy groups -OCH3 is 1. The Hall–Kier alpha value is -2.53. The second kappa shape index (κ2) is 7.84. The molecule has 6 heteroatoms. The third-order valence-electron chi connectivity index (χ3n) is 5.34. The van der Waals surface area contributed by atoms with Gasteiger partial charge in [0.05, 0.1) is 23.8 Å².